The minimum atomic E-state index is 0.292. The molecule has 2 atom stereocenters. The molecule has 0 heterocycles. The lowest BCUT2D eigenvalue weighted by molar-refractivity contribution is 0.316. The van der Waals surface area contributed by atoms with E-state index in [1.54, 1.807) is 0 Å². The first-order valence-electron chi connectivity index (χ1n) is 10.3. The maximum Gasteiger partial charge on any atom is 0.0665 e. The normalized spacial score (nSPS) is 26.0. The van der Waals surface area contributed by atoms with Crippen molar-refractivity contribution in [3.63, 3.8) is 0 Å². The van der Waals surface area contributed by atoms with E-state index in [0.717, 1.165) is 42.7 Å². The third-order valence-electron chi connectivity index (χ3n) is 5.81. The molecule has 3 aliphatic rings. The first-order chi connectivity index (χ1) is 13.1. The lowest BCUT2D eigenvalue weighted by Gasteiger charge is -2.29. The molecule has 2 nitrogen and oxygen atoms in total. The summed E-state index contributed by atoms with van der Waals surface area (Å²) in [4.78, 5) is 5.11. The average molecular weight is 361 g/mol. The van der Waals surface area contributed by atoms with E-state index < -0.39 is 0 Å². The Morgan fingerprint density at radius 1 is 1.33 bits per heavy atom. The Kier molecular flexibility index (Phi) is 6.66. The summed E-state index contributed by atoms with van der Waals surface area (Å²) >= 11 is 0. The van der Waals surface area contributed by atoms with Crippen LogP contribution < -0.4 is 5.73 Å². The van der Waals surface area contributed by atoms with Gasteiger partial charge >= 0.3 is 0 Å². The molecule has 1 saturated carbocycles. The molecule has 0 aromatic heterocycles. The SMILES string of the molecule is C=C(C)C(CC1CCCCC1N)=NC(=CC)C1=CCCC2=C=CC=CC=C21. The third-order valence-corrected chi connectivity index (χ3v) is 5.81. The highest BCUT2D eigenvalue weighted by Gasteiger charge is 2.24. The van der Waals surface area contributed by atoms with Crippen molar-refractivity contribution in [3.8, 4) is 0 Å². The zero-order valence-corrected chi connectivity index (χ0v) is 16.8. The van der Waals surface area contributed by atoms with Crippen LogP contribution >= 0.6 is 0 Å². The van der Waals surface area contributed by atoms with Gasteiger partial charge in [-0.2, -0.15) is 0 Å². The number of allylic oxidation sites excluding steroid dienone is 8. The Labute approximate surface area is 164 Å². The summed E-state index contributed by atoms with van der Waals surface area (Å²) in [5, 5.41) is 0. The van der Waals surface area contributed by atoms with Crippen LogP contribution in [0.15, 0.2) is 81.7 Å². The Balaban J connectivity index is 1.90. The Morgan fingerprint density at radius 3 is 2.89 bits per heavy atom. The second-order valence-electron chi connectivity index (χ2n) is 7.84. The molecule has 0 radical (unpaired) electrons. The first kappa shape index (κ1) is 19.6. The Bertz CT molecular complexity index is 807. The molecule has 27 heavy (non-hydrogen) atoms. The summed E-state index contributed by atoms with van der Waals surface area (Å²) in [5.74, 6) is 0.520. The topological polar surface area (TPSA) is 38.4 Å². The van der Waals surface area contributed by atoms with Gasteiger partial charge in [0.1, 0.15) is 0 Å². The van der Waals surface area contributed by atoms with Crippen LogP contribution in [-0.4, -0.2) is 11.8 Å². The summed E-state index contributed by atoms with van der Waals surface area (Å²) in [6.07, 6.45) is 20.6. The highest BCUT2D eigenvalue weighted by atomic mass is 14.8. The van der Waals surface area contributed by atoms with Crippen molar-refractivity contribution in [2.45, 2.75) is 64.8 Å². The van der Waals surface area contributed by atoms with Crippen LogP contribution in [0.2, 0.25) is 0 Å². The highest BCUT2D eigenvalue weighted by molar-refractivity contribution is 6.00. The lowest BCUT2D eigenvalue weighted by Crippen LogP contribution is -2.34. The minimum absolute atomic E-state index is 0.292. The van der Waals surface area contributed by atoms with Crippen molar-refractivity contribution in [2.75, 3.05) is 0 Å². The van der Waals surface area contributed by atoms with E-state index >= 15 is 0 Å². The molecule has 0 aromatic rings. The number of hydrogen-bond donors (Lipinski definition) is 1. The number of nitrogens with two attached hydrogens (primary N) is 1. The first-order valence-corrected chi connectivity index (χ1v) is 10.3. The summed E-state index contributed by atoms with van der Waals surface area (Å²) in [7, 11) is 0. The molecule has 2 unspecified atom stereocenters. The quantitative estimate of drug-likeness (QED) is 0.466. The molecule has 142 valence electrons. The third kappa shape index (κ3) is 4.77. The van der Waals surface area contributed by atoms with Crippen LogP contribution in [0.25, 0.3) is 0 Å². The van der Waals surface area contributed by atoms with Gasteiger partial charge in [-0.25, -0.2) is 0 Å². The molecule has 0 aliphatic heterocycles. The van der Waals surface area contributed by atoms with Gasteiger partial charge in [0.05, 0.1) is 5.70 Å². The van der Waals surface area contributed by atoms with Crippen LogP contribution in [0, 0.1) is 5.92 Å². The molecule has 2 heteroatoms. The van der Waals surface area contributed by atoms with Gasteiger partial charge in [0.2, 0.25) is 0 Å². The summed E-state index contributed by atoms with van der Waals surface area (Å²) in [5.41, 5.74) is 16.8. The van der Waals surface area contributed by atoms with E-state index in [9.17, 15) is 0 Å². The number of hydrogen-bond acceptors (Lipinski definition) is 2. The molecule has 2 N–H and O–H groups in total. The van der Waals surface area contributed by atoms with Gasteiger partial charge in [0.15, 0.2) is 0 Å². The van der Waals surface area contributed by atoms with Gasteiger partial charge in [0, 0.05) is 22.9 Å². The minimum Gasteiger partial charge on any atom is -0.327 e. The van der Waals surface area contributed by atoms with E-state index in [1.165, 1.54) is 36.0 Å². The van der Waals surface area contributed by atoms with Crippen LogP contribution in [0.5, 0.6) is 0 Å². The van der Waals surface area contributed by atoms with Gasteiger partial charge in [-0.1, -0.05) is 49.8 Å². The van der Waals surface area contributed by atoms with Gasteiger partial charge in [-0.05, 0) is 69.1 Å². The van der Waals surface area contributed by atoms with E-state index in [0.29, 0.717) is 12.0 Å². The summed E-state index contributed by atoms with van der Waals surface area (Å²) in [6.45, 7) is 8.35. The predicted octanol–water partition coefficient (Wildman–Crippen LogP) is 6.11. The van der Waals surface area contributed by atoms with E-state index in [2.05, 4.69) is 50.5 Å². The second-order valence-corrected chi connectivity index (χ2v) is 7.84. The van der Waals surface area contributed by atoms with Crippen molar-refractivity contribution in [2.24, 2.45) is 16.6 Å². The largest absolute Gasteiger partial charge is 0.327 e. The maximum absolute atomic E-state index is 6.40. The number of aliphatic imine (C=N–C) groups is 1. The van der Waals surface area contributed by atoms with Crippen molar-refractivity contribution in [1.29, 1.82) is 0 Å². The zero-order valence-electron chi connectivity index (χ0n) is 16.8. The van der Waals surface area contributed by atoms with Gasteiger partial charge < -0.3 is 5.73 Å². The number of nitrogens with zero attached hydrogens (tertiary/aromatic N) is 1. The fourth-order valence-corrected chi connectivity index (χ4v) is 4.19. The second kappa shape index (κ2) is 9.17. The lowest BCUT2D eigenvalue weighted by atomic mass is 9.81. The van der Waals surface area contributed by atoms with Crippen molar-refractivity contribution in [1.82, 2.24) is 0 Å². The van der Waals surface area contributed by atoms with Gasteiger partial charge in [-0.15, -0.1) is 5.73 Å². The summed E-state index contributed by atoms with van der Waals surface area (Å²) < 4.78 is 0. The van der Waals surface area contributed by atoms with E-state index in [4.69, 9.17) is 10.7 Å². The maximum atomic E-state index is 6.40. The molecule has 0 bridgehead atoms. The van der Waals surface area contributed by atoms with E-state index in [-0.39, 0.29) is 0 Å². The van der Waals surface area contributed by atoms with E-state index in [1.807, 2.05) is 12.2 Å². The Hall–Kier alpha value is -2.15. The molecule has 1 fully saturated rings. The average Bonchev–Trinajstić information content (AvgIpc) is 2.92. The van der Waals surface area contributed by atoms with Crippen molar-refractivity contribution < 1.29 is 0 Å². The van der Waals surface area contributed by atoms with Gasteiger partial charge in [-0.3, -0.25) is 4.99 Å². The zero-order chi connectivity index (χ0) is 19.2. The summed E-state index contributed by atoms with van der Waals surface area (Å²) in [6, 6.07) is 0.292. The fraction of sp³-hybridized carbons (Fsp3) is 0.440. The van der Waals surface area contributed by atoms with Crippen LogP contribution in [0.4, 0.5) is 0 Å². The van der Waals surface area contributed by atoms with Crippen LogP contribution in [0.3, 0.4) is 0 Å². The van der Waals surface area contributed by atoms with Gasteiger partial charge in [0.25, 0.3) is 0 Å². The monoisotopic (exact) mass is 360 g/mol. The molecule has 3 aliphatic carbocycles. The smallest absolute Gasteiger partial charge is 0.0665 e. The Morgan fingerprint density at radius 2 is 2.15 bits per heavy atom. The van der Waals surface area contributed by atoms with Crippen LogP contribution in [-0.2, 0) is 0 Å². The predicted molar refractivity (Wildman–Crippen MR) is 117 cm³/mol. The molecule has 3 rings (SSSR count). The van der Waals surface area contributed by atoms with Crippen molar-refractivity contribution in [3.05, 3.63) is 76.8 Å². The van der Waals surface area contributed by atoms with Crippen molar-refractivity contribution >= 4 is 5.71 Å². The molecule has 0 amide bonds. The molecular formula is C25H32N2. The highest BCUT2D eigenvalue weighted by Crippen LogP contribution is 2.35. The standard InChI is InChI=1S/C25H32N2/c1-4-24(22-15-10-13-19-11-6-5-7-14-21(19)22)27-25(18(2)3)17-20-12-8-9-16-23(20)26/h4-7,14-15,20,23H,2,8-10,12-13,16-17,26H2,1,3H3. The molecule has 0 spiro atoms. The molecular weight excluding hydrogens is 328 g/mol. The fourth-order valence-electron chi connectivity index (χ4n) is 4.19. The number of rotatable bonds is 5. The molecule has 0 aromatic carbocycles. The van der Waals surface area contributed by atoms with Crippen LogP contribution in [0.1, 0.15) is 58.8 Å². The number of fused-ring (bicyclic) bond motifs is 1. The molecule has 0 saturated heterocycles.